The Bertz CT molecular complexity index is 659. The van der Waals surface area contributed by atoms with Crippen LogP contribution in [0.1, 0.15) is 29.6 Å². The lowest BCUT2D eigenvalue weighted by Gasteiger charge is -2.07. The molecule has 0 aliphatic rings. The number of carbonyl (C=O) groups excluding carboxylic acids is 1. The fraction of sp³-hybridized carbons (Fsp3) is 0.500. The Balaban J connectivity index is 1.96. The SMILES string of the molecule is CCn1ncc(CNC(=O)Cn2nc(C)c(Cl)c2C)c1C. The van der Waals surface area contributed by atoms with Crippen LogP contribution in [0.15, 0.2) is 6.20 Å². The van der Waals surface area contributed by atoms with Crippen molar-refractivity contribution in [1.29, 1.82) is 0 Å². The van der Waals surface area contributed by atoms with Gasteiger partial charge in [-0.2, -0.15) is 10.2 Å². The zero-order chi connectivity index (χ0) is 15.6. The summed E-state index contributed by atoms with van der Waals surface area (Å²) in [6.07, 6.45) is 1.79. The quantitative estimate of drug-likeness (QED) is 0.918. The molecule has 1 amide bonds. The molecule has 114 valence electrons. The molecule has 0 unspecified atom stereocenters. The Labute approximate surface area is 129 Å². The predicted molar refractivity (Wildman–Crippen MR) is 81.2 cm³/mol. The van der Waals surface area contributed by atoms with Crippen molar-refractivity contribution in [2.24, 2.45) is 0 Å². The number of hydrogen-bond donors (Lipinski definition) is 1. The molecular formula is C14H20ClN5O. The van der Waals surface area contributed by atoms with Crippen LogP contribution in [0, 0.1) is 20.8 Å². The second-order valence-electron chi connectivity index (χ2n) is 4.99. The van der Waals surface area contributed by atoms with Crippen LogP contribution in [0.4, 0.5) is 0 Å². The van der Waals surface area contributed by atoms with Crippen molar-refractivity contribution in [2.75, 3.05) is 0 Å². The van der Waals surface area contributed by atoms with Crippen LogP contribution in [0.2, 0.25) is 5.02 Å². The van der Waals surface area contributed by atoms with E-state index in [0.717, 1.165) is 29.2 Å². The summed E-state index contributed by atoms with van der Waals surface area (Å²) in [4.78, 5) is 12.0. The monoisotopic (exact) mass is 309 g/mol. The second-order valence-corrected chi connectivity index (χ2v) is 5.37. The molecule has 1 N–H and O–H groups in total. The molecule has 0 fully saturated rings. The molecule has 0 bridgehead atoms. The molecule has 2 rings (SSSR count). The summed E-state index contributed by atoms with van der Waals surface area (Å²) in [7, 11) is 0. The molecule has 0 aromatic carbocycles. The molecule has 0 aliphatic heterocycles. The Hall–Kier alpha value is -1.82. The topological polar surface area (TPSA) is 64.7 Å². The maximum atomic E-state index is 12.0. The van der Waals surface area contributed by atoms with E-state index in [-0.39, 0.29) is 12.5 Å². The van der Waals surface area contributed by atoms with E-state index in [0.29, 0.717) is 11.6 Å². The standard InChI is InChI=1S/C14H20ClN5O/c1-5-19-10(3)12(7-17-19)6-16-13(21)8-20-11(4)14(15)9(2)18-20/h7H,5-6,8H2,1-4H3,(H,16,21). The lowest BCUT2D eigenvalue weighted by Crippen LogP contribution is -2.28. The lowest BCUT2D eigenvalue weighted by atomic mass is 10.2. The highest BCUT2D eigenvalue weighted by atomic mass is 35.5. The summed E-state index contributed by atoms with van der Waals surface area (Å²) in [5, 5.41) is 12.0. The molecule has 0 atom stereocenters. The van der Waals surface area contributed by atoms with Crippen LogP contribution in [-0.2, 0) is 24.4 Å². The molecular weight excluding hydrogens is 290 g/mol. The van der Waals surface area contributed by atoms with E-state index >= 15 is 0 Å². The maximum Gasteiger partial charge on any atom is 0.242 e. The molecule has 6 nitrogen and oxygen atoms in total. The van der Waals surface area contributed by atoms with Crippen molar-refractivity contribution in [3.63, 3.8) is 0 Å². The van der Waals surface area contributed by atoms with Gasteiger partial charge in [0.05, 0.1) is 22.6 Å². The van der Waals surface area contributed by atoms with Gasteiger partial charge in [-0.15, -0.1) is 0 Å². The van der Waals surface area contributed by atoms with Crippen molar-refractivity contribution in [3.05, 3.63) is 33.9 Å². The Kier molecular flexibility index (Phi) is 4.67. The van der Waals surface area contributed by atoms with Gasteiger partial charge in [-0.3, -0.25) is 14.2 Å². The number of halogens is 1. The van der Waals surface area contributed by atoms with Gasteiger partial charge in [-0.25, -0.2) is 0 Å². The van der Waals surface area contributed by atoms with Gasteiger partial charge in [0.15, 0.2) is 0 Å². The van der Waals surface area contributed by atoms with Crippen LogP contribution in [0.5, 0.6) is 0 Å². The smallest absolute Gasteiger partial charge is 0.242 e. The van der Waals surface area contributed by atoms with Gasteiger partial charge in [0.2, 0.25) is 5.91 Å². The fourth-order valence-corrected chi connectivity index (χ4v) is 2.33. The normalized spacial score (nSPS) is 10.9. The summed E-state index contributed by atoms with van der Waals surface area (Å²) in [6.45, 7) is 9.17. The molecule has 21 heavy (non-hydrogen) atoms. The van der Waals surface area contributed by atoms with E-state index in [1.165, 1.54) is 0 Å². The first-order chi connectivity index (χ1) is 9.93. The molecule has 2 aromatic heterocycles. The summed E-state index contributed by atoms with van der Waals surface area (Å²) in [6, 6.07) is 0. The van der Waals surface area contributed by atoms with E-state index in [4.69, 9.17) is 11.6 Å². The van der Waals surface area contributed by atoms with Gasteiger partial charge < -0.3 is 5.32 Å². The van der Waals surface area contributed by atoms with Gasteiger partial charge in [-0.05, 0) is 27.7 Å². The Morgan fingerprint density at radius 2 is 2.00 bits per heavy atom. The van der Waals surface area contributed by atoms with Crippen LogP contribution in [0.3, 0.4) is 0 Å². The van der Waals surface area contributed by atoms with E-state index in [2.05, 4.69) is 15.5 Å². The highest BCUT2D eigenvalue weighted by molar-refractivity contribution is 6.31. The first-order valence-corrected chi connectivity index (χ1v) is 7.29. The van der Waals surface area contributed by atoms with Crippen LogP contribution in [0.25, 0.3) is 0 Å². The largest absolute Gasteiger partial charge is 0.350 e. The average Bonchev–Trinajstić information content (AvgIpc) is 2.92. The first kappa shape index (κ1) is 15.6. The van der Waals surface area contributed by atoms with Crippen molar-refractivity contribution >= 4 is 17.5 Å². The van der Waals surface area contributed by atoms with E-state index in [1.54, 1.807) is 10.9 Å². The number of nitrogens with zero attached hydrogens (tertiary/aromatic N) is 4. The fourth-order valence-electron chi connectivity index (χ4n) is 2.19. The number of hydrogen-bond acceptors (Lipinski definition) is 3. The summed E-state index contributed by atoms with van der Waals surface area (Å²) >= 11 is 6.07. The summed E-state index contributed by atoms with van der Waals surface area (Å²) in [5.41, 5.74) is 3.64. The molecule has 2 aromatic rings. The Morgan fingerprint density at radius 1 is 1.29 bits per heavy atom. The van der Waals surface area contributed by atoms with Crippen molar-refractivity contribution < 1.29 is 4.79 Å². The third kappa shape index (κ3) is 3.26. The second kappa shape index (κ2) is 6.30. The number of rotatable bonds is 5. The average molecular weight is 310 g/mol. The van der Waals surface area contributed by atoms with Gasteiger partial charge in [0.1, 0.15) is 6.54 Å². The van der Waals surface area contributed by atoms with Crippen molar-refractivity contribution in [2.45, 2.75) is 47.3 Å². The number of amides is 1. The third-order valence-electron chi connectivity index (χ3n) is 3.57. The van der Waals surface area contributed by atoms with Gasteiger partial charge in [0, 0.05) is 24.3 Å². The molecule has 0 spiro atoms. The molecule has 0 saturated carbocycles. The zero-order valence-corrected chi connectivity index (χ0v) is 13.5. The number of carbonyl (C=O) groups is 1. The predicted octanol–water partition coefficient (Wildman–Crippen LogP) is 1.99. The Morgan fingerprint density at radius 3 is 2.52 bits per heavy atom. The number of aryl methyl sites for hydroxylation is 2. The molecule has 2 heterocycles. The van der Waals surface area contributed by atoms with E-state index in [9.17, 15) is 4.79 Å². The maximum absolute atomic E-state index is 12.0. The number of nitrogens with one attached hydrogen (secondary N) is 1. The van der Waals surface area contributed by atoms with E-state index < -0.39 is 0 Å². The molecule has 0 radical (unpaired) electrons. The highest BCUT2D eigenvalue weighted by Crippen LogP contribution is 2.18. The summed E-state index contributed by atoms with van der Waals surface area (Å²) in [5.74, 6) is -0.0964. The van der Waals surface area contributed by atoms with Crippen LogP contribution < -0.4 is 5.32 Å². The minimum absolute atomic E-state index is 0.0964. The van der Waals surface area contributed by atoms with E-state index in [1.807, 2.05) is 32.4 Å². The van der Waals surface area contributed by atoms with Crippen LogP contribution in [-0.4, -0.2) is 25.5 Å². The van der Waals surface area contributed by atoms with Gasteiger partial charge >= 0.3 is 0 Å². The minimum Gasteiger partial charge on any atom is -0.350 e. The zero-order valence-electron chi connectivity index (χ0n) is 12.8. The van der Waals surface area contributed by atoms with Crippen LogP contribution >= 0.6 is 11.6 Å². The van der Waals surface area contributed by atoms with Crippen molar-refractivity contribution in [3.8, 4) is 0 Å². The molecule has 0 aliphatic carbocycles. The first-order valence-electron chi connectivity index (χ1n) is 6.91. The minimum atomic E-state index is -0.0964. The highest BCUT2D eigenvalue weighted by Gasteiger charge is 2.12. The lowest BCUT2D eigenvalue weighted by molar-refractivity contribution is -0.122. The number of aromatic nitrogens is 4. The van der Waals surface area contributed by atoms with Gasteiger partial charge in [-0.1, -0.05) is 11.6 Å². The van der Waals surface area contributed by atoms with Crippen molar-refractivity contribution in [1.82, 2.24) is 24.9 Å². The molecule has 0 saturated heterocycles. The molecule has 7 heteroatoms. The van der Waals surface area contributed by atoms with Gasteiger partial charge in [0.25, 0.3) is 0 Å². The third-order valence-corrected chi connectivity index (χ3v) is 4.11. The summed E-state index contributed by atoms with van der Waals surface area (Å²) < 4.78 is 3.53.